The Bertz CT molecular complexity index is 781. The first kappa shape index (κ1) is 21.9. The van der Waals surface area contributed by atoms with Gasteiger partial charge in [0.15, 0.2) is 0 Å². The van der Waals surface area contributed by atoms with Crippen LogP contribution in [0.2, 0.25) is 0 Å². The molecule has 2 rings (SSSR count). The lowest BCUT2D eigenvalue weighted by Gasteiger charge is -2.25. The zero-order chi connectivity index (χ0) is 21.4. The van der Waals surface area contributed by atoms with Crippen molar-refractivity contribution in [3.63, 3.8) is 0 Å². The number of rotatable bonds is 7. The van der Waals surface area contributed by atoms with Gasteiger partial charge in [-0.05, 0) is 18.4 Å². The summed E-state index contributed by atoms with van der Waals surface area (Å²) in [4.78, 5) is 60.7. The second-order valence-electron chi connectivity index (χ2n) is 6.51. The molecule has 1 aromatic rings. The maximum Gasteiger partial charge on any atom is 0.396 e. The van der Waals surface area contributed by atoms with Crippen LogP contribution in [0.4, 0.5) is 0 Å². The third-order valence-corrected chi connectivity index (χ3v) is 4.51. The summed E-state index contributed by atoms with van der Waals surface area (Å²) in [6.45, 7) is -0.364. The van der Waals surface area contributed by atoms with Crippen LogP contribution in [-0.2, 0) is 35.1 Å². The van der Waals surface area contributed by atoms with Gasteiger partial charge in [-0.2, -0.15) is 0 Å². The summed E-state index contributed by atoms with van der Waals surface area (Å²) < 4.78 is 4.42. The van der Waals surface area contributed by atoms with Crippen molar-refractivity contribution in [2.45, 2.75) is 31.3 Å². The van der Waals surface area contributed by atoms with E-state index >= 15 is 0 Å². The van der Waals surface area contributed by atoms with E-state index in [1.807, 2.05) is 0 Å². The highest BCUT2D eigenvalue weighted by molar-refractivity contribution is 6.32. The number of carboxylic acids is 1. The van der Waals surface area contributed by atoms with Crippen LogP contribution in [0.25, 0.3) is 0 Å². The first-order valence-corrected chi connectivity index (χ1v) is 9.06. The van der Waals surface area contributed by atoms with Crippen molar-refractivity contribution >= 4 is 29.7 Å². The highest BCUT2D eigenvalue weighted by Crippen LogP contribution is 2.18. The fraction of sp³-hybridized carbons (Fsp3) is 0.421. The number of carbonyl (C=O) groups excluding carboxylic acids is 4. The molecule has 3 amide bonds. The maximum atomic E-state index is 12.8. The van der Waals surface area contributed by atoms with Crippen molar-refractivity contribution < 1.29 is 33.8 Å². The molecule has 10 heteroatoms. The number of hydrogen-bond acceptors (Lipinski definition) is 6. The molecule has 1 fully saturated rings. The van der Waals surface area contributed by atoms with Gasteiger partial charge in [0.1, 0.15) is 18.6 Å². The van der Waals surface area contributed by atoms with Gasteiger partial charge in [-0.15, -0.1) is 0 Å². The predicted molar refractivity (Wildman–Crippen MR) is 99.5 cm³/mol. The lowest BCUT2D eigenvalue weighted by molar-refractivity contribution is -0.159. The van der Waals surface area contributed by atoms with Gasteiger partial charge in [0.05, 0.1) is 7.11 Å². The molecule has 1 aliphatic heterocycles. The molecule has 1 heterocycles. The van der Waals surface area contributed by atoms with Gasteiger partial charge >= 0.3 is 17.8 Å². The fourth-order valence-corrected chi connectivity index (χ4v) is 3.10. The quantitative estimate of drug-likeness (QED) is 0.393. The molecule has 0 radical (unpaired) electrons. The van der Waals surface area contributed by atoms with Crippen LogP contribution in [0, 0.1) is 0 Å². The number of nitrogens with one attached hydrogen (secondary N) is 2. The van der Waals surface area contributed by atoms with Crippen LogP contribution in [0.1, 0.15) is 18.4 Å². The first-order chi connectivity index (χ1) is 13.8. The summed E-state index contributed by atoms with van der Waals surface area (Å²) >= 11 is 0. The Morgan fingerprint density at radius 2 is 1.90 bits per heavy atom. The molecular weight excluding hydrogens is 382 g/mol. The Morgan fingerprint density at radius 1 is 1.21 bits per heavy atom. The van der Waals surface area contributed by atoms with E-state index in [1.165, 1.54) is 0 Å². The Morgan fingerprint density at radius 3 is 2.52 bits per heavy atom. The van der Waals surface area contributed by atoms with Gasteiger partial charge in [0.2, 0.25) is 11.8 Å². The van der Waals surface area contributed by atoms with Gasteiger partial charge in [-0.1, -0.05) is 30.3 Å². The number of ether oxygens (including phenoxy) is 1. The average molecular weight is 405 g/mol. The number of likely N-dealkylation sites (tertiary alicyclic amines) is 1. The van der Waals surface area contributed by atoms with Crippen molar-refractivity contribution in [1.82, 2.24) is 15.5 Å². The van der Waals surface area contributed by atoms with Crippen LogP contribution >= 0.6 is 0 Å². The minimum atomic E-state index is -1.21. The van der Waals surface area contributed by atoms with E-state index in [0.29, 0.717) is 12.8 Å². The van der Waals surface area contributed by atoms with E-state index < -0.39 is 48.3 Å². The molecule has 0 unspecified atom stereocenters. The summed E-state index contributed by atoms with van der Waals surface area (Å²) in [6, 6.07) is 6.94. The monoisotopic (exact) mass is 405 g/mol. The molecule has 3 N–H and O–H groups in total. The minimum Gasteiger partial charge on any atom is -0.480 e. The molecule has 29 heavy (non-hydrogen) atoms. The van der Waals surface area contributed by atoms with Crippen molar-refractivity contribution in [3.05, 3.63) is 35.9 Å². The van der Waals surface area contributed by atoms with Gasteiger partial charge in [0.25, 0.3) is 0 Å². The molecule has 1 aliphatic rings. The van der Waals surface area contributed by atoms with Gasteiger partial charge in [-0.3, -0.25) is 19.2 Å². The second-order valence-corrected chi connectivity index (χ2v) is 6.51. The van der Waals surface area contributed by atoms with E-state index in [9.17, 15) is 24.0 Å². The van der Waals surface area contributed by atoms with Crippen LogP contribution in [0.3, 0.4) is 0 Å². The standard InChI is InChI=1S/C19H23N3O7/c1-29-19(28)18(27)22-9-5-8-14(22)17(26)21-13(16(25)20-11-15(23)24)10-12-6-3-2-4-7-12/h2-4,6-7,13-14H,5,8-11H2,1H3,(H,20,25)(H,21,26)(H,23,24)/t13-,14+/m1/s1. The normalized spacial score (nSPS) is 16.6. The molecular formula is C19H23N3O7. The number of methoxy groups -OCH3 is 1. The number of aliphatic carboxylic acids is 1. The van der Waals surface area contributed by atoms with Crippen molar-refractivity contribution in [1.29, 1.82) is 0 Å². The fourth-order valence-electron chi connectivity index (χ4n) is 3.10. The molecule has 0 spiro atoms. The zero-order valence-corrected chi connectivity index (χ0v) is 15.9. The molecule has 0 bridgehead atoms. The Kier molecular flexibility index (Phi) is 7.70. The number of benzene rings is 1. The summed E-state index contributed by atoms with van der Waals surface area (Å²) in [7, 11) is 1.08. The van der Waals surface area contributed by atoms with E-state index in [2.05, 4.69) is 15.4 Å². The van der Waals surface area contributed by atoms with Crippen molar-refractivity contribution in [2.24, 2.45) is 0 Å². The van der Waals surface area contributed by atoms with Crippen LogP contribution < -0.4 is 10.6 Å². The van der Waals surface area contributed by atoms with Crippen LogP contribution in [-0.4, -0.2) is 71.9 Å². The molecule has 1 saturated heterocycles. The number of nitrogens with zero attached hydrogens (tertiary/aromatic N) is 1. The molecule has 2 atom stereocenters. The van der Waals surface area contributed by atoms with Crippen LogP contribution in [0.5, 0.6) is 0 Å². The van der Waals surface area contributed by atoms with Crippen LogP contribution in [0.15, 0.2) is 30.3 Å². The maximum absolute atomic E-state index is 12.8. The van der Waals surface area contributed by atoms with E-state index in [-0.39, 0.29) is 13.0 Å². The topological polar surface area (TPSA) is 142 Å². The Balaban J connectivity index is 2.12. The third-order valence-electron chi connectivity index (χ3n) is 4.51. The smallest absolute Gasteiger partial charge is 0.396 e. The lowest BCUT2D eigenvalue weighted by Crippen LogP contribution is -2.55. The Labute approximate surface area is 167 Å². The SMILES string of the molecule is COC(=O)C(=O)N1CCC[C@H]1C(=O)N[C@H](Cc1ccccc1)C(=O)NCC(=O)O. The van der Waals surface area contributed by atoms with Gasteiger partial charge < -0.3 is 25.4 Å². The lowest BCUT2D eigenvalue weighted by atomic mass is 10.0. The zero-order valence-electron chi connectivity index (χ0n) is 15.9. The molecule has 10 nitrogen and oxygen atoms in total. The molecule has 0 saturated carbocycles. The first-order valence-electron chi connectivity index (χ1n) is 9.06. The third kappa shape index (κ3) is 6.03. The predicted octanol–water partition coefficient (Wildman–Crippen LogP) is -0.921. The van der Waals surface area contributed by atoms with Gasteiger partial charge in [-0.25, -0.2) is 4.79 Å². The molecule has 1 aromatic carbocycles. The van der Waals surface area contributed by atoms with Gasteiger partial charge in [0, 0.05) is 13.0 Å². The Hall–Kier alpha value is -3.43. The van der Waals surface area contributed by atoms with E-state index in [4.69, 9.17) is 5.11 Å². The highest BCUT2D eigenvalue weighted by Gasteiger charge is 2.38. The summed E-state index contributed by atoms with van der Waals surface area (Å²) in [5.41, 5.74) is 0.761. The largest absolute Gasteiger partial charge is 0.480 e. The number of carboxylic acid groups (broad SMARTS) is 1. The second kappa shape index (κ2) is 10.2. The van der Waals surface area contributed by atoms with Crippen molar-refractivity contribution in [2.75, 3.05) is 20.2 Å². The molecule has 0 aromatic heterocycles. The summed E-state index contributed by atoms with van der Waals surface area (Å²) in [5, 5.41) is 13.6. The van der Waals surface area contributed by atoms with E-state index in [1.54, 1.807) is 30.3 Å². The number of carbonyl (C=O) groups is 5. The number of hydrogen-bond donors (Lipinski definition) is 3. The summed E-state index contributed by atoms with van der Waals surface area (Å²) in [6.07, 6.45) is 0.994. The highest BCUT2D eigenvalue weighted by atomic mass is 16.5. The molecule has 156 valence electrons. The average Bonchev–Trinajstić information content (AvgIpc) is 3.21. The number of esters is 1. The van der Waals surface area contributed by atoms with E-state index in [0.717, 1.165) is 17.6 Å². The minimum absolute atomic E-state index is 0.135. The van der Waals surface area contributed by atoms with Crippen molar-refractivity contribution in [3.8, 4) is 0 Å². The molecule has 0 aliphatic carbocycles. The number of amides is 3. The summed E-state index contributed by atoms with van der Waals surface area (Å²) in [5.74, 6) is -4.45.